The third-order valence-electron chi connectivity index (χ3n) is 3.77. The number of rotatable bonds is 3. The first-order valence-corrected chi connectivity index (χ1v) is 5.85. The van der Waals surface area contributed by atoms with Crippen LogP contribution in [0.2, 0.25) is 0 Å². The Kier molecular flexibility index (Phi) is 2.43. The smallest absolute Gasteiger partial charge is 0.333 e. The Bertz CT molecular complexity index is 496. The average molecular weight is 267 g/mol. The minimum Gasteiger partial charge on any atom is -0.550 e. The maximum atomic E-state index is 11.7. The van der Waals surface area contributed by atoms with Gasteiger partial charge in [0.05, 0.1) is 11.9 Å². The van der Waals surface area contributed by atoms with Crippen LogP contribution in [0.3, 0.4) is 0 Å². The number of esters is 2. The molecule has 7 nitrogen and oxygen atoms in total. The van der Waals surface area contributed by atoms with E-state index in [1.54, 1.807) is 0 Å². The normalized spacial score (nSPS) is 42.1. The van der Waals surface area contributed by atoms with Gasteiger partial charge in [0.25, 0.3) is 0 Å². The first-order valence-electron chi connectivity index (χ1n) is 5.85. The molecule has 3 aliphatic heterocycles. The highest BCUT2D eigenvalue weighted by atomic mass is 16.6. The van der Waals surface area contributed by atoms with E-state index in [0.29, 0.717) is 0 Å². The fourth-order valence-corrected chi connectivity index (χ4v) is 2.95. The molecule has 0 aromatic carbocycles. The molecule has 102 valence electrons. The van der Waals surface area contributed by atoms with Crippen LogP contribution in [0.4, 0.5) is 0 Å². The molecule has 0 aromatic rings. The van der Waals surface area contributed by atoms with E-state index in [-0.39, 0.29) is 5.57 Å². The van der Waals surface area contributed by atoms with Gasteiger partial charge in [0.15, 0.2) is 0 Å². The third kappa shape index (κ3) is 1.51. The number of hydrogen-bond acceptors (Lipinski definition) is 7. The van der Waals surface area contributed by atoms with Crippen LogP contribution in [0.1, 0.15) is 6.92 Å². The Balaban J connectivity index is 1.89. The molecular formula is C12H11O7-. The van der Waals surface area contributed by atoms with Crippen molar-refractivity contribution in [2.24, 2.45) is 11.8 Å². The van der Waals surface area contributed by atoms with Crippen LogP contribution >= 0.6 is 0 Å². The van der Waals surface area contributed by atoms with Gasteiger partial charge in [-0.05, 0) is 6.92 Å². The highest BCUT2D eigenvalue weighted by molar-refractivity contribution is 5.88. The minimum atomic E-state index is -1.37. The van der Waals surface area contributed by atoms with Crippen molar-refractivity contribution in [3.05, 3.63) is 12.2 Å². The molecule has 0 spiro atoms. The van der Waals surface area contributed by atoms with Crippen molar-refractivity contribution in [1.82, 2.24) is 0 Å². The monoisotopic (exact) mass is 267 g/mol. The summed E-state index contributed by atoms with van der Waals surface area (Å²) >= 11 is 0. The summed E-state index contributed by atoms with van der Waals surface area (Å²) in [5.74, 6) is -4.51. The summed E-state index contributed by atoms with van der Waals surface area (Å²) < 4.78 is 15.5. The number of fused-ring (bicyclic) bond motifs is 1. The molecule has 3 saturated heterocycles. The first kappa shape index (κ1) is 12.2. The summed E-state index contributed by atoms with van der Waals surface area (Å²) in [5.41, 5.74) is 0.163. The summed E-state index contributed by atoms with van der Waals surface area (Å²) in [5, 5.41) is 11.1. The molecule has 0 N–H and O–H groups in total. The number of ether oxygens (including phenoxy) is 3. The van der Waals surface area contributed by atoms with Crippen LogP contribution in [0.5, 0.6) is 0 Å². The Labute approximate surface area is 108 Å². The second-order valence-electron chi connectivity index (χ2n) is 4.99. The quantitative estimate of drug-likeness (QED) is 0.437. The highest BCUT2D eigenvalue weighted by Gasteiger charge is 2.70. The standard InChI is InChI=1S/C12H12O7/c1-3(2)11(15)18-9-5-8-7(19-12(5)16)4(10(13)14)6(9)17-8/h4-9H,1H2,2H3,(H,13,14)/p-1. The van der Waals surface area contributed by atoms with E-state index in [0.717, 1.165) is 0 Å². The second-order valence-corrected chi connectivity index (χ2v) is 4.99. The van der Waals surface area contributed by atoms with E-state index in [4.69, 9.17) is 14.2 Å². The number of carbonyl (C=O) groups excluding carboxylic acids is 3. The molecule has 2 bridgehead atoms. The van der Waals surface area contributed by atoms with Crippen LogP contribution in [-0.4, -0.2) is 42.3 Å². The molecule has 0 amide bonds. The maximum absolute atomic E-state index is 11.7. The van der Waals surface area contributed by atoms with E-state index in [2.05, 4.69) is 6.58 Å². The zero-order valence-corrected chi connectivity index (χ0v) is 10.0. The van der Waals surface area contributed by atoms with Gasteiger partial charge < -0.3 is 24.1 Å². The van der Waals surface area contributed by atoms with Crippen molar-refractivity contribution >= 4 is 17.9 Å². The van der Waals surface area contributed by atoms with Gasteiger partial charge in [-0.2, -0.15) is 0 Å². The molecule has 19 heavy (non-hydrogen) atoms. The number of aliphatic carboxylic acids is 1. The van der Waals surface area contributed by atoms with E-state index in [1.807, 2.05) is 0 Å². The molecule has 0 saturated carbocycles. The van der Waals surface area contributed by atoms with Crippen LogP contribution in [0.25, 0.3) is 0 Å². The zero-order chi connectivity index (χ0) is 13.9. The Morgan fingerprint density at radius 2 is 2.00 bits per heavy atom. The van der Waals surface area contributed by atoms with Crippen LogP contribution in [0, 0.1) is 11.8 Å². The van der Waals surface area contributed by atoms with Crippen LogP contribution in [0.15, 0.2) is 12.2 Å². The van der Waals surface area contributed by atoms with Crippen molar-refractivity contribution < 1.29 is 33.7 Å². The molecule has 3 aliphatic rings. The van der Waals surface area contributed by atoms with Crippen LogP contribution in [-0.2, 0) is 28.6 Å². The molecule has 0 radical (unpaired) electrons. The molecule has 3 rings (SSSR count). The van der Waals surface area contributed by atoms with E-state index in [1.165, 1.54) is 6.92 Å². The third-order valence-corrected chi connectivity index (χ3v) is 3.77. The van der Waals surface area contributed by atoms with Crippen molar-refractivity contribution in [3.8, 4) is 0 Å². The van der Waals surface area contributed by atoms with Gasteiger partial charge in [0.2, 0.25) is 0 Å². The Morgan fingerprint density at radius 1 is 1.32 bits per heavy atom. The molecule has 3 fully saturated rings. The van der Waals surface area contributed by atoms with Gasteiger partial charge in [-0.15, -0.1) is 0 Å². The lowest BCUT2D eigenvalue weighted by molar-refractivity contribution is -0.315. The van der Waals surface area contributed by atoms with E-state index < -0.39 is 54.2 Å². The first-order chi connectivity index (χ1) is 8.91. The fraction of sp³-hybridized carbons (Fsp3) is 0.583. The molecule has 6 unspecified atom stereocenters. The lowest BCUT2D eigenvalue weighted by Crippen LogP contribution is -2.51. The molecule has 3 heterocycles. The van der Waals surface area contributed by atoms with Gasteiger partial charge in [-0.3, -0.25) is 4.79 Å². The fourth-order valence-electron chi connectivity index (χ4n) is 2.95. The van der Waals surface area contributed by atoms with E-state index >= 15 is 0 Å². The lowest BCUT2D eigenvalue weighted by Gasteiger charge is -2.28. The number of carboxylic acid groups (broad SMARTS) is 1. The number of carboxylic acids is 1. The van der Waals surface area contributed by atoms with E-state index in [9.17, 15) is 19.5 Å². The predicted octanol–water partition coefficient (Wildman–Crippen LogP) is -1.84. The topological polar surface area (TPSA) is 102 Å². The summed E-state index contributed by atoms with van der Waals surface area (Å²) in [6, 6.07) is 0. The summed E-state index contributed by atoms with van der Waals surface area (Å²) in [4.78, 5) is 34.3. The van der Waals surface area contributed by atoms with Crippen molar-refractivity contribution in [2.75, 3.05) is 0 Å². The summed E-state index contributed by atoms with van der Waals surface area (Å²) in [7, 11) is 0. The zero-order valence-electron chi connectivity index (χ0n) is 10.0. The maximum Gasteiger partial charge on any atom is 0.333 e. The minimum absolute atomic E-state index is 0.163. The largest absolute Gasteiger partial charge is 0.550 e. The molecule has 0 aromatic heterocycles. The van der Waals surface area contributed by atoms with Gasteiger partial charge in [0.1, 0.15) is 30.3 Å². The van der Waals surface area contributed by atoms with Gasteiger partial charge >= 0.3 is 11.9 Å². The predicted molar refractivity (Wildman–Crippen MR) is 55.2 cm³/mol. The van der Waals surface area contributed by atoms with Gasteiger partial charge in [0, 0.05) is 5.57 Å². The molecule has 0 aliphatic carbocycles. The average Bonchev–Trinajstić information content (AvgIpc) is 2.89. The number of hydrogen-bond donors (Lipinski definition) is 0. The second kappa shape index (κ2) is 3.80. The van der Waals surface area contributed by atoms with Crippen LogP contribution < -0.4 is 5.11 Å². The summed E-state index contributed by atoms with van der Waals surface area (Å²) in [6.45, 7) is 4.89. The summed E-state index contributed by atoms with van der Waals surface area (Å²) in [6.07, 6.45) is -3.38. The van der Waals surface area contributed by atoms with Crippen molar-refractivity contribution in [2.45, 2.75) is 31.3 Å². The molecular weight excluding hydrogens is 256 g/mol. The van der Waals surface area contributed by atoms with Gasteiger partial charge in [-0.25, -0.2) is 4.79 Å². The lowest BCUT2D eigenvalue weighted by atomic mass is 9.80. The van der Waals surface area contributed by atoms with Crippen molar-refractivity contribution in [3.63, 3.8) is 0 Å². The van der Waals surface area contributed by atoms with Gasteiger partial charge in [-0.1, -0.05) is 6.58 Å². The molecule has 6 atom stereocenters. The highest BCUT2D eigenvalue weighted by Crippen LogP contribution is 2.50. The van der Waals surface area contributed by atoms with Crippen molar-refractivity contribution in [1.29, 1.82) is 0 Å². The Morgan fingerprint density at radius 3 is 2.58 bits per heavy atom. The number of carbonyl (C=O) groups is 3. The SMILES string of the molecule is C=C(C)C(=O)OC1C2OC3C(OC(=O)C13)C2C(=O)[O-]. The molecule has 7 heteroatoms. The Hall–Kier alpha value is -1.89.